The van der Waals surface area contributed by atoms with Gasteiger partial charge in [0.1, 0.15) is 16.9 Å². The number of benzene rings is 1. The van der Waals surface area contributed by atoms with E-state index >= 15 is 0 Å². The first-order valence-corrected chi connectivity index (χ1v) is 12.5. The van der Waals surface area contributed by atoms with E-state index < -0.39 is 0 Å². The Hall–Kier alpha value is -3.39. The number of piperazine rings is 1. The average molecular weight is 473 g/mol. The lowest BCUT2D eigenvalue weighted by Crippen LogP contribution is -2.44. The van der Waals surface area contributed by atoms with Crippen LogP contribution in [0.4, 0.5) is 5.69 Å². The summed E-state index contributed by atoms with van der Waals surface area (Å²) in [6, 6.07) is 9.91. The van der Waals surface area contributed by atoms with Crippen molar-refractivity contribution < 1.29 is 9.21 Å². The first-order valence-electron chi connectivity index (χ1n) is 12.5. The molecular weight excluding hydrogens is 440 g/mol. The number of carbonyl (C=O) groups excluding carboxylic acids is 1. The van der Waals surface area contributed by atoms with Crippen LogP contribution in [0.1, 0.15) is 40.6 Å². The number of rotatable bonds is 3. The van der Waals surface area contributed by atoms with E-state index in [1.807, 2.05) is 54.0 Å². The van der Waals surface area contributed by atoms with Crippen LogP contribution in [0.25, 0.3) is 22.0 Å². The number of amides is 1. The zero-order valence-corrected chi connectivity index (χ0v) is 20.7. The average Bonchev–Trinajstić information content (AvgIpc) is 3.42. The quantitative estimate of drug-likeness (QED) is 0.452. The smallest absolute Gasteiger partial charge is 0.253 e. The third kappa shape index (κ3) is 4.05. The third-order valence-corrected chi connectivity index (χ3v) is 7.63. The van der Waals surface area contributed by atoms with Gasteiger partial charge in [-0.25, -0.2) is 0 Å². The highest BCUT2D eigenvalue weighted by atomic mass is 16.3. The Balaban J connectivity index is 1.17. The van der Waals surface area contributed by atoms with Gasteiger partial charge in [0.15, 0.2) is 0 Å². The Kier molecular flexibility index (Phi) is 5.48. The molecule has 0 atom stereocenters. The van der Waals surface area contributed by atoms with Crippen LogP contribution in [0.2, 0.25) is 0 Å². The molecule has 4 aromatic rings. The van der Waals surface area contributed by atoms with Gasteiger partial charge in [-0.05, 0) is 57.1 Å². The number of carbonyl (C=O) groups is 1. The summed E-state index contributed by atoms with van der Waals surface area (Å²) < 4.78 is 7.62. The summed E-state index contributed by atoms with van der Waals surface area (Å²) in [6.45, 7) is 7.56. The maximum atomic E-state index is 13.2. The van der Waals surface area contributed by atoms with E-state index in [-0.39, 0.29) is 5.91 Å². The topological polar surface area (TPSA) is 70.6 Å². The number of likely N-dealkylation sites (N-methyl/N-ethyl adjacent to an activating group) is 1. The van der Waals surface area contributed by atoms with Gasteiger partial charge in [-0.1, -0.05) is 0 Å². The monoisotopic (exact) mass is 472 g/mol. The second kappa shape index (κ2) is 8.68. The zero-order chi connectivity index (χ0) is 24.1. The number of nitrogens with zero attached hydrogens (tertiary/aromatic N) is 6. The van der Waals surface area contributed by atoms with Crippen molar-refractivity contribution in [3.05, 3.63) is 53.5 Å². The highest BCUT2D eigenvalue weighted by Gasteiger charge is 2.28. The van der Waals surface area contributed by atoms with E-state index in [1.165, 1.54) is 5.69 Å². The molecule has 8 nitrogen and oxygen atoms in total. The highest BCUT2D eigenvalue weighted by Crippen LogP contribution is 2.33. The fraction of sp³-hybridized carbons (Fsp3) is 0.444. The Labute approximate surface area is 205 Å². The molecule has 35 heavy (non-hydrogen) atoms. The van der Waals surface area contributed by atoms with Crippen LogP contribution in [0.3, 0.4) is 0 Å². The summed E-state index contributed by atoms with van der Waals surface area (Å²) in [5.41, 5.74) is 5.86. The van der Waals surface area contributed by atoms with Gasteiger partial charge in [0, 0.05) is 63.2 Å². The molecule has 3 aromatic heterocycles. The number of hydrogen-bond acceptors (Lipinski definition) is 6. The maximum Gasteiger partial charge on any atom is 0.253 e. The standard InChI is InChI=1S/C27H32N6O2/c1-18-14-21-15-20(4-5-24(21)35-18)27(34)33-8-6-19(7-9-33)25-26-23(31(3)29-25)16-22(17-28-26)32-12-10-30(2)11-13-32/h4-5,14-17,19H,6-13H2,1-3H3. The van der Waals surface area contributed by atoms with Crippen LogP contribution >= 0.6 is 0 Å². The predicted octanol–water partition coefficient (Wildman–Crippen LogP) is 3.79. The minimum atomic E-state index is 0.0880. The second-order valence-electron chi connectivity index (χ2n) is 10.0. The van der Waals surface area contributed by atoms with Crippen molar-refractivity contribution in [3.8, 4) is 0 Å². The lowest BCUT2D eigenvalue weighted by atomic mass is 9.92. The summed E-state index contributed by atoms with van der Waals surface area (Å²) in [5, 5.41) is 5.87. The number of fused-ring (bicyclic) bond motifs is 2. The van der Waals surface area contributed by atoms with Crippen molar-refractivity contribution in [2.24, 2.45) is 7.05 Å². The van der Waals surface area contributed by atoms with Gasteiger partial charge in [0.05, 0.1) is 23.1 Å². The van der Waals surface area contributed by atoms with Gasteiger partial charge in [0.2, 0.25) is 0 Å². The molecule has 0 N–H and O–H groups in total. The van der Waals surface area contributed by atoms with Crippen LogP contribution in [-0.2, 0) is 7.05 Å². The molecule has 8 heteroatoms. The molecule has 2 aliphatic heterocycles. The molecule has 2 saturated heterocycles. The van der Waals surface area contributed by atoms with Crippen molar-refractivity contribution in [3.63, 3.8) is 0 Å². The number of likely N-dealkylation sites (tertiary alicyclic amines) is 1. The van der Waals surface area contributed by atoms with Gasteiger partial charge < -0.3 is 19.1 Å². The molecule has 0 unspecified atom stereocenters. The molecule has 0 aliphatic carbocycles. The Morgan fingerprint density at radius 3 is 2.54 bits per heavy atom. The summed E-state index contributed by atoms with van der Waals surface area (Å²) in [6.07, 6.45) is 3.80. The summed E-state index contributed by atoms with van der Waals surface area (Å²) in [7, 11) is 4.18. The molecule has 0 radical (unpaired) electrons. The first-order chi connectivity index (χ1) is 17.0. The molecule has 1 amide bonds. The molecule has 182 valence electrons. The minimum absolute atomic E-state index is 0.0880. The summed E-state index contributed by atoms with van der Waals surface area (Å²) in [4.78, 5) is 24.8. The lowest BCUT2D eigenvalue weighted by molar-refractivity contribution is 0.0712. The van der Waals surface area contributed by atoms with Crippen LogP contribution in [0.15, 0.2) is 40.9 Å². The van der Waals surface area contributed by atoms with Crippen molar-refractivity contribution >= 4 is 33.6 Å². The van der Waals surface area contributed by atoms with Gasteiger partial charge in [-0.15, -0.1) is 0 Å². The summed E-state index contributed by atoms with van der Waals surface area (Å²) >= 11 is 0. The number of anilines is 1. The number of hydrogen-bond donors (Lipinski definition) is 0. The van der Waals surface area contributed by atoms with Crippen molar-refractivity contribution in [1.29, 1.82) is 0 Å². The zero-order valence-electron chi connectivity index (χ0n) is 20.7. The predicted molar refractivity (Wildman–Crippen MR) is 137 cm³/mol. The van der Waals surface area contributed by atoms with E-state index in [9.17, 15) is 4.79 Å². The largest absolute Gasteiger partial charge is 0.461 e. The van der Waals surface area contributed by atoms with Crippen LogP contribution in [-0.4, -0.2) is 76.8 Å². The molecule has 5 heterocycles. The van der Waals surface area contributed by atoms with Crippen molar-refractivity contribution in [2.75, 3.05) is 51.2 Å². The van der Waals surface area contributed by atoms with Gasteiger partial charge in [-0.2, -0.15) is 5.10 Å². The number of aromatic nitrogens is 3. The molecule has 1 aromatic carbocycles. The minimum Gasteiger partial charge on any atom is -0.461 e. The lowest BCUT2D eigenvalue weighted by Gasteiger charge is -2.33. The summed E-state index contributed by atoms with van der Waals surface area (Å²) in [5.74, 6) is 1.26. The molecule has 0 saturated carbocycles. The molecule has 2 fully saturated rings. The van der Waals surface area contributed by atoms with Crippen molar-refractivity contribution in [1.82, 2.24) is 24.6 Å². The fourth-order valence-corrected chi connectivity index (χ4v) is 5.51. The number of pyridine rings is 1. The molecular formula is C27H32N6O2. The Morgan fingerprint density at radius 1 is 1.00 bits per heavy atom. The molecule has 0 bridgehead atoms. The first kappa shape index (κ1) is 22.1. The van der Waals surface area contributed by atoms with Crippen LogP contribution in [0, 0.1) is 6.92 Å². The molecule has 6 rings (SSSR count). The Bertz CT molecular complexity index is 1390. The third-order valence-electron chi connectivity index (χ3n) is 7.63. The normalized spacial score (nSPS) is 18.1. The van der Waals surface area contributed by atoms with E-state index in [0.717, 1.165) is 91.1 Å². The number of piperidine rings is 1. The van der Waals surface area contributed by atoms with E-state index in [0.29, 0.717) is 5.92 Å². The SMILES string of the molecule is Cc1cc2cc(C(=O)N3CCC(c4nn(C)c5cc(N6CCN(C)CC6)cnc45)CC3)ccc2o1. The number of furan rings is 1. The fourth-order valence-electron chi connectivity index (χ4n) is 5.51. The van der Waals surface area contributed by atoms with E-state index in [1.54, 1.807) is 0 Å². The van der Waals surface area contributed by atoms with E-state index in [2.05, 4.69) is 22.9 Å². The number of aryl methyl sites for hydroxylation is 2. The highest BCUT2D eigenvalue weighted by molar-refractivity contribution is 5.98. The van der Waals surface area contributed by atoms with Gasteiger partial charge in [0.25, 0.3) is 5.91 Å². The Morgan fingerprint density at radius 2 is 1.77 bits per heavy atom. The van der Waals surface area contributed by atoms with E-state index in [4.69, 9.17) is 14.5 Å². The second-order valence-corrected chi connectivity index (χ2v) is 10.0. The van der Waals surface area contributed by atoms with Gasteiger partial charge >= 0.3 is 0 Å². The van der Waals surface area contributed by atoms with Crippen molar-refractivity contribution in [2.45, 2.75) is 25.7 Å². The molecule has 2 aliphatic rings. The maximum absolute atomic E-state index is 13.2. The molecule has 0 spiro atoms. The van der Waals surface area contributed by atoms with Gasteiger partial charge in [-0.3, -0.25) is 14.5 Å². The van der Waals surface area contributed by atoms with Crippen LogP contribution < -0.4 is 4.90 Å². The van der Waals surface area contributed by atoms with Crippen LogP contribution in [0.5, 0.6) is 0 Å².